The Morgan fingerprint density at radius 1 is 1.21 bits per heavy atom. The van der Waals surface area contributed by atoms with Crippen LogP contribution in [0.4, 0.5) is 13.2 Å². The summed E-state index contributed by atoms with van der Waals surface area (Å²) in [4.78, 5) is 10.4. The number of alkyl halides is 3. The lowest BCUT2D eigenvalue weighted by atomic mass is 10.0. The van der Waals surface area contributed by atoms with Gasteiger partial charge in [-0.2, -0.15) is 13.2 Å². The lowest BCUT2D eigenvalue weighted by Gasteiger charge is -2.09. The molecule has 5 heteroatoms. The Morgan fingerprint density at radius 2 is 1.95 bits per heavy atom. The maximum atomic E-state index is 12.7. The topological polar surface area (TPSA) is 30.2 Å². The molecule has 2 rings (SSSR count). The minimum absolute atomic E-state index is 0.0624. The molecule has 0 saturated heterocycles. The van der Waals surface area contributed by atoms with E-state index in [-0.39, 0.29) is 17.1 Å². The molecule has 2 nitrogen and oxygen atoms in total. The monoisotopic (exact) mass is 265 g/mol. The van der Waals surface area contributed by atoms with Crippen LogP contribution in [0.25, 0.3) is 17.4 Å². The van der Waals surface area contributed by atoms with Gasteiger partial charge in [-0.25, -0.2) is 0 Å². The standard InChI is InChI=1S/C14H8F3O2/c1-2-9-5-10(7-11(6-9)14(15,16)17)13-4-3-12(8-18)19-13/h2-7H,1H2. The van der Waals surface area contributed by atoms with E-state index in [0.717, 1.165) is 12.1 Å². The highest BCUT2D eigenvalue weighted by atomic mass is 19.4. The summed E-state index contributed by atoms with van der Waals surface area (Å²) in [7, 11) is 0. The number of halogens is 3. The summed E-state index contributed by atoms with van der Waals surface area (Å²) in [6.07, 6.45) is -1.61. The number of benzene rings is 1. The van der Waals surface area contributed by atoms with Crippen molar-refractivity contribution < 1.29 is 22.4 Å². The van der Waals surface area contributed by atoms with Gasteiger partial charge in [-0.1, -0.05) is 12.7 Å². The lowest BCUT2D eigenvalue weighted by molar-refractivity contribution is -0.137. The zero-order valence-corrected chi connectivity index (χ0v) is 9.62. The van der Waals surface area contributed by atoms with E-state index in [2.05, 4.69) is 6.58 Å². The lowest BCUT2D eigenvalue weighted by Crippen LogP contribution is -2.05. The van der Waals surface area contributed by atoms with Gasteiger partial charge in [-0.3, -0.25) is 4.79 Å². The van der Waals surface area contributed by atoms with Crippen molar-refractivity contribution in [3.8, 4) is 11.3 Å². The highest BCUT2D eigenvalue weighted by Gasteiger charge is 2.31. The van der Waals surface area contributed by atoms with Crippen LogP contribution >= 0.6 is 0 Å². The maximum Gasteiger partial charge on any atom is 0.416 e. The first kappa shape index (κ1) is 13.1. The van der Waals surface area contributed by atoms with E-state index in [1.807, 2.05) is 0 Å². The Kier molecular flexibility index (Phi) is 3.29. The molecule has 0 fully saturated rings. The Hall–Kier alpha value is -2.30. The number of hydrogen-bond acceptors (Lipinski definition) is 2. The van der Waals surface area contributed by atoms with Gasteiger partial charge < -0.3 is 4.42 Å². The third kappa shape index (κ3) is 2.76. The molecule has 0 aliphatic heterocycles. The van der Waals surface area contributed by atoms with Gasteiger partial charge in [0, 0.05) is 5.56 Å². The highest BCUT2D eigenvalue weighted by molar-refractivity contribution is 5.74. The van der Waals surface area contributed by atoms with Crippen LogP contribution in [0.15, 0.2) is 41.3 Å². The van der Waals surface area contributed by atoms with Crippen LogP contribution in [0.3, 0.4) is 0 Å². The summed E-state index contributed by atoms with van der Waals surface area (Å²) in [6, 6.07) is 6.21. The fraction of sp³-hybridized carbons (Fsp3) is 0.0714. The third-order valence-electron chi connectivity index (χ3n) is 2.51. The SMILES string of the molecule is C=Cc1cc(-c2ccc([C]=O)o2)cc(C(F)(F)F)c1. The van der Waals surface area contributed by atoms with Crippen LogP contribution in [-0.2, 0) is 11.0 Å². The van der Waals surface area contributed by atoms with E-state index in [4.69, 9.17) is 4.42 Å². The van der Waals surface area contributed by atoms with Crippen molar-refractivity contribution in [1.29, 1.82) is 0 Å². The zero-order chi connectivity index (χ0) is 14.0. The molecule has 1 radical (unpaired) electrons. The molecule has 0 aliphatic carbocycles. The number of carbonyl (C=O) groups excluding carboxylic acids is 1. The Balaban J connectivity index is 2.56. The van der Waals surface area contributed by atoms with E-state index >= 15 is 0 Å². The van der Waals surface area contributed by atoms with Crippen molar-refractivity contribution in [2.75, 3.05) is 0 Å². The molecule has 0 N–H and O–H groups in total. The molecule has 1 aromatic carbocycles. The van der Waals surface area contributed by atoms with Gasteiger partial charge in [0.15, 0.2) is 5.76 Å². The van der Waals surface area contributed by atoms with Crippen LogP contribution in [0.2, 0.25) is 0 Å². The fourth-order valence-corrected chi connectivity index (χ4v) is 1.62. The van der Waals surface area contributed by atoms with E-state index in [9.17, 15) is 18.0 Å². The van der Waals surface area contributed by atoms with E-state index in [0.29, 0.717) is 5.56 Å². The molecule has 0 atom stereocenters. The van der Waals surface area contributed by atoms with Gasteiger partial charge in [-0.15, -0.1) is 0 Å². The van der Waals surface area contributed by atoms with E-state index < -0.39 is 11.7 Å². The molecule has 97 valence electrons. The van der Waals surface area contributed by atoms with Gasteiger partial charge in [-0.05, 0) is 35.9 Å². The fourth-order valence-electron chi connectivity index (χ4n) is 1.62. The van der Waals surface area contributed by atoms with Gasteiger partial charge in [0.05, 0.1) is 5.56 Å². The van der Waals surface area contributed by atoms with Crippen molar-refractivity contribution >= 4 is 12.4 Å². The second-order valence-electron chi connectivity index (χ2n) is 3.81. The molecule has 19 heavy (non-hydrogen) atoms. The quantitative estimate of drug-likeness (QED) is 0.837. The summed E-state index contributed by atoms with van der Waals surface area (Å²) in [6.45, 7) is 3.45. The number of rotatable bonds is 3. The van der Waals surface area contributed by atoms with Crippen LogP contribution in [0.1, 0.15) is 16.9 Å². The molecule has 0 aliphatic rings. The van der Waals surface area contributed by atoms with Crippen LogP contribution < -0.4 is 0 Å². The largest absolute Gasteiger partial charge is 0.452 e. The normalized spacial score (nSPS) is 11.3. The van der Waals surface area contributed by atoms with Crippen LogP contribution in [0, 0.1) is 0 Å². The van der Waals surface area contributed by atoms with Crippen molar-refractivity contribution in [2.24, 2.45) is 0 Å². The maximum absolute atomic E-state index is 12.7. The van der Waals surface area contributed by atoms with Gasteiger partial charge in [0.1, 0.15) is 5.76 Å². The molecule has 1 aromatic heterocycles. The van der Waals surface area contributed by atoms with E-state index in [1.54, 1.807) is 0 Å². The van der Waals surface area contributed by atoms with Gasteiger partial charge in [0.25, 0.3) is 6.29 Å². The Bertz CT molecular complexity index is 624. The van der Waals surface area contributed by atoms with Crippen molar-refractivity contribution in [1.82, 2.24) is 0 Å². The molecule has 0 spiro atoms. The van der Waals surface area contributed by atoms with Crippen LogP contribution in [-0.4, -0.2) is 6.29 Å². The molecular formula is C14H8F3O2. The summed E-state index contributed by atoms with van der Waals surface area (Å²) in [5.74, 6) is 0.111. The summed E-state index contributed by atoms with van der Waals surface area (Å²) in [5, 5.41) is 0. The van der Waals surface area contributed by atoms with Crippen molar-refractivity contribution in [3.05, 3.63) is 53.8 Å². The number of hydrogen-bond donors (Lipinski definition) is 0. The van der Waals surface area contributed by atoms with Crippen molar-refractivity contribution in [2.45, 2.75) is 6.18 Å². The summed E-state index contributed by atoms with van der Waals surface area (Å²) >= 11 is 0. The van der Waals surface area contributed by atoms with E-state index in [1.165, 1.54) is 30.6 Å². The van der Waals surface area contributed by atoms with Gasteiger partial charge in [0.2, 0.25) is 0 Å². The highest BCUT2D eigenvalue weighted by Crippen LogP contribution is 2.34. The molecule has 0 unspecified atom stereocenters. The minimum atomic E-state index is -4.46. The summed E-state index contributed by atoms with van der Waals surface area (Å²) < 4.78 is 43.3. The average Bonchev–Trinajstić information content (AvgIpc) is 2.86. The van der Waals surface area contributed by atoms with Crippen molar-refractivity contribution in [3.63, 3.8) is 0 Å². The number of furan rings is 1. The predicted molar refractivity (Wildman–Crippen MR) is 64.0 cm³/mol. The second kappa shape index (κ2) is 4.76. The predicted octanol–water partition coefficient (Wildman–Crippen LogP) is 4.07. The third-order valence-corrected chi connectivity index (χ3v) is 2.51. The minimum Gasteiger partial charge on any atom is -0.452 e. The smallest absolute Gasteiger partial charge is 0.416 e. The van der Waals surface area contributed by atoms with Crippen LogP contribution in [0.5, 0.6) is 0 Å². The zero-order valence-electron chi connectivity index (χ0n) is 9.62. The Labute approximate surface area is 107 Å². The average molecular weight is 265 g/mol. The summed E-state index contributed by atoms with van der Waals surface area (Å²) in [5.41, 5.74) is -0.253. The first-order chi connectivity index (χ1) is 8.94. The molecule has 0 saturated carbocycles. The first-order valence-corrected chi connectivity index (χ1v) is 5.27. The van der Waals surface area contributed by atoms with Gasteiger partial charge >= 0.3 is 6.18 Å². The molecule has 1 heterocycles. The molecule has 2 aromatic rings. The molecule has 0 bridgehead atoms. The molecule has 0 amide bonds. The second-order valence-corrected chi connectivity index (χ2v) is 3.81. The molecular weight excluding hydrogens is 257 g/mol. The first-order valence-electron chi connectivity index (χ1n) is 5.27. The Morgan fingerprint density at radius 3 is 2.47 bits per heavy atom.